The van der Waals surface area contributed by atoms with Crippen LogP contribution in [0.25, 0.3) is 11.6 Å². The van der Waals surface area contributed by atoms with Crippen molar-refractivity contribution in [1.29, 1.82) is 0 Å². The van der Waals surface area contributed by atoms with Gasteiger partial charge in [0.2, 0.25) is 5.95 Å². The maximum absolute atomic E-state index is 12.8. The van der Waals surface area contributed by atoms with Crippen molar-refractivity contribution >= 4 is 34.2 Å². The monoisotopic (exact) mass is 486 g/mol. The van der Waals surface area contributed by atoms with E-state index in [2.05, 4.69) is 20.2 Å². The molecule has 11 heteroatoms. The van der Waals surface area contributed by atoms with Crippen LogP contribution in [0.2, 0.25) is 5.02 Å². The van der Waals surface area contributed by atoms with Crippen LogP contribution in [0.5, 0.6) is 0 Å². The summed E-state index contributed by atoms with van der Waals surface area (Å²) in [6, 6.07) is 1.94. The molecule has 1 fully saturated rings. The third-order valence-electron chi connectivity index (χ3n) is 6.61. The summed E-state index contributed by atoms with van der Waals surface area (Å²) < 4.78 is 18.9. The highest BCUT2D eigenvalue weighted by molar-refractivity contribution is 7.85. The second kappa shape index (κ2) is 8.03. The lowest BCUT2D eigenvalue weighted by molar-refractivity contribution is 0.143. The molecule has 0 unspecified atom stereocenters. The summed E-state index contributed by atoms with van der Waals surface area (Å²) in [6.07, 6.45) is 7.51. The van der Waals surface area contributed by atoms with Crippen molar-refractivity contribution in [3.63, 3.8) is 0 Å². The van der Waals surface area contributed by atoms with E-state index in [1.54, 1.807) is 12.4 Å². The van der Waals surface area contributed by atoms with Crippen LogP contribution in [0.15, 0.2) is 27.8 Å². The van der Waals surface area contributed by atoms with E-state index in [0.717, 1.165) is 49.1 Å². The van der Waals surface area contributed by atoms with Crippen molar-refractivity contribution in [2.24, 2.45) is 0 Å². The molecule has 2 aliphatic heterocycles. The zero-order chi connectivity index (χ0) is 22.6. The molecule has 1 saturated carbocycles. The van der Waals surface area contributed by atoms with Crippen molar-refractivity contribution in [3.8, 4) is 11.6 Å². The molecule has 33 heavy (non-hydrogen) atoms. The van der Waals surface area contributed by atoms with Crippen LogP contribution in [0.3, 0.4) is 0 Å². The number of nitrogens with zero attached hydrogens (tertiary/aromatic N) is 5. The van der Waals surface area contributed by atoms with E-state index in [1.165, 1.54) is 0 Å². The molecule has 0 radical (unpaired) electrons. The largest absolute Gasteiger partial charge is 0.455 e. The molecule has 5 heterocycles. The molecule has 0 spiro atoms. The summed E-state index contributed by atoms with van der Waals surface area (Å²) in [4.78, 5) is 20.8. The molecule has 0 bridgehead atoms. The number of aliphatic hydroxyl groups excluding tert-OH is 1. The predicted molar refractivity (Wildman–Crippen MR) is 124 cm³/mol. The summed E-state index contributed by atoms with van der Waals surface area (Å²) >= 11 is 5.88. The van der Waals surface area contributed by atoms with Gasteiger partial charge >= 0.3 is 0 Å². The Bertz CT molecular complexity index is 1210. The zero-order valence-corrected chi connectivity index (χ0v) is 19.5. The zero-order valence-electron chi connectivity index (χ0n) is 17.9. The van der Waals surface area contributed by atoms with E-state index in [0.29, 0.717) is 52.1 Å². The standard InChI is InChI=1S/C22H23ClN6O3S/c23-14-8-24-19(25-9-14)16-7-13-10-29(11-17(13)32-16)21-26-15-3-1-6-33(31)18(15)20(27-21)28-22(12-30)4-2-5-22/h7-9,30H,1-6,10-12H2,(H,26,27,28)/t33-/m1/s1. The highest BCUT2D eigenvalue weighted by atomic mass is 35.5. The van der Waals surface area contributed by atoms with Crippen molar-refractivity contribution in [2.75, 3.05) is 22.6 Å². The first-order chi connectivity index (χ1) is 16.0. The van der Waals surface area contributed by atoms with Gasteiger partial charge in [-0.2, -0.15) is 4.98 Å². The highest BCUT2D eigenvalue weighted by Crippen LogP contribution is 2.39. The highest BCUT2D eigenvalue weighted by Gasteiger charge is 2.39. The number of rotatable bonds is 5. The summed E-state index contributed by atoms with van der Waals surface area (Å²) in [7, 11) is -1.14. The molecule has 1 aliphatic carbocycles. The number of aryl methyl sites for hydroxylation is 1. The van der Waals surface area contributed by atoms with E-state index < -0.39 is 10.8 Å². The average Bonchev–Trinajstić information content (AvgIpc) is 3.36. The van der Waals surface area contributed by atoms with Gasteiger partial charge in [0.25, 0.3) is 0 Å². The van der Waals surface area contributed by atoms with Gasteiger partial charge in [0.1, 0.15) is 16.5 Å². The van der Waals surface area contributed by atoms with Gasteiger partial charge in [-0.3, -0.25) is 4.21 Å². The molecule has 6 rings (SSSR count). The number of nitrogens with one attached hydrogen (secondary N) is 1. The summed E-state index contributed by atoms with van der Waals surface area (Å²) in [5, 5.41) is 13.9. The van der Waals surface area contributed by atoms with Crippen molar-refractivity contribution in [2.45, 2.75) is 55.6 Å². The maximum atomic E-state index is 12.8. The SMILES string of the molecule is O=[S@@]1CCCc2nc(N3Cc4cc(-c5ncc(Cl)cn5)oc4C3)nc(NC3(CO)CCC3)c21. The lowest BCUT2D eigenvalue weighted by Gasteiger charge is -2.42. The van der Waals surface area contributed by atoms with Gasteiger partial charge in [-0.05, 0) is 38.2 Å². The van der Waals surface area contributed by atoms with E-state index >= 15 is 0 Å². The summed E-state index contributed by atoms with van der Waals surface area (Å²) in [6.45, 7) is 1.15. The first-order valence-corrected chi connectivity index (χ1v) is 12.8. The number of furan rings is 1. The molecule has 1 atom stereocenters. The van der Waals surface area contributed by atoms with Gasteiger partial charge in [0, 0.05) is 30.3 Å². The molecule has 3 aromatic rings. The molecular weight excluding hydrogens is 464 g/mol. The normalized spacial score (nSPS) is 20.8. The number of anilines is 2. The Morgan fingerprint density at radius 3 is 2.73 bits per heavy atom. The Kier molecular flexibility index (Phi) is 5.11. The van der Waals surface area contributed by atoms with Gasteiger partial charge in [-0.15, -0.1) is 0 Å². The Hall–Kier alpha value is -2.56. The number of hydrogen-bond acceptors (Lipinski definition) is 9. The molecular formula is C22H23ClN6O3S. The van der Waals surface area contributed by atoms with E-state index in [1.807, 2.05) is 6.07 Å². The molecule has 0 saturated heterocycles. The van der Waals surface area contributed by atoms with Gasteiger partial charge in [-0.1, -0.05) is 11.6 Å². The number of fused-ring (bicyclic) bond motifs is 2. The fourth-order valence-corrected chi connectivity index (χ4v) is 6.06. The third-order valence-corrected chi connectivity index (χ3v) is 8.35. The molecule has 0 aromatic carbocycles. The predicted octanol–water partition coefficient (Wildman–Crippen LogP) is 3.08. The molecule has 9 nitrogen and oxygen atoms in total. The smallest absolute Gasteiger partial charge is 0.228 e. The van der Waals surface area contributed by atoms with Crippen LogP contribution in [0.4, 0.5) is 11.8 Å². The van der Waals surface area contributed by atoms with Crippen LogP contribution in [-0.2, 0) is 30.3 Å². The van der Waals surface area contributed by atoms with Gasteiger partial charge in [0.05, 0.1) is 40.2 Å². The minimum Gasteiger partial charge on any atom is -0.455 e. The van der Waals surface area contributed by atoms with Crippen LogP contribution < -0.4 is 10.2 Å². The average molecular weight is 487 g/mol. The first-order valence-electron chi connectivity index (χ1n) is 11.1. The Morgan fingerprint density at radius 2 is 2.03 bits per heavy atom. The minimum atomic E-state index is -1.14. The van der Waals surface area contributed by atoms with Crippen LogP contribution in [0, 0.1) is 0 Å². The number of aromatic nitrogens is 4. The summed E-state index contributed by atoms with van der Waals surface area (Å²) in [5.41, 5.74) is 1.48. The van der Waals surface area contributed by atoms with Crippen LogP contribution in [-0.4, -0.2) is 47.2 Å². The molecule has 0 amide bonds. The topological polar surface area (TPSA) is 117 Å². The van der Waals surface area contributed by atoms with Crippen LogP contribution in [0.1, 0.15) is 42.7 Å². The third kappa shape index (κ3) is 3.70. The fourth-order valence-electron chi connectivity index (χ4n) is 4.63. The van der Waals surface area contributed by atoms with Gasteiger partial charge in [-0.25, -0.2) is 15.0 Å². The molecule has 2 N–H and O–H groups in total. The number of halogens is 1. The Balaban J connectivity index is 1.30. The minimum absolute atomic E-state index is 0.0293. The molecule has 3 aliphatic rings. The van der Waals surface area contributed by atoms with Gasteiger partial charge in [0.15, 0.2) is 11.6 Å². The second-order valence-electron chi connectivity index (χ2n) is 8.86. The molecule has 3 aromatic heterocycles. The Labute approximate surface area is 198 Å². The van der Waals surface area contributed by atoms with Crippen molar-refractivity contribution in [3.05, 3.63) is 40.5 Å². The van der Waals surface area contributed by atoms with Gasteiger partial charge < -0.3 is 19.7 Å². The second-order valence-corrected chi connectivity index (χ2v) is 10.8. The lowest BCUT2D eigenvalue weighted by atomic mass is 9.77. The van der Waals surface area contributed by atoms with Crippen molar-refractivity contribution < 1.29 is 13.7 Å². The fraction of sp³-hybridized carbons (Fsp3) is 0.455. The van der Waals surface area contributed by atoms with Crippen LogP contribution >= 0.6 is 11.6 Å². The molecule has 172 valence electrons. The maximum Gasteiger partial charge on any atom is 0.228 e. The van der Waals surface area contributed by atoms with Crippen molar-refractivity contribution in [1.82, 2.24) is 19.9 Å². The quantitative estimate of drug-likeness (QED) is 0.560. The summed E-state index contributed by atoms with van der Waals surface area (Å²) in [5.74, 6) is 3.72. The Morgan fingerprint density at radius 1 is 1.21 bits per heavy atom. The lowest BCUT2D eigenvalue weighted by Crippen LogP contribution is -2.49. The van der Waals surface area contributed by atoms with E-state index in [9.17, 15) is 9.32 Å². The van der Waals surface area contributed by atoms with E-state index in [4.69, 9.17) is 26.0 Å². The first kappa shape index (κ1) is 21.0. The number of hydrogen-bond donors (Lipinski definition) is 2. The van der Waals surface area contributed by atoms with E-state index in [-0.39, 0.29) is 12.1 Å². The number of aliphatic hydroxyl groups is 1.